The molecule has 1 atom stereocenters. The van der Waals surface area contributed by atoms with Crippen LogP contribution in [0.4, 0.5) is 5.13 Å². The van der Waals surface area contributed by atoms with Crippen molar-refractivity contribution in [1.82, 2.24) is 15.5 Å². The fourth-order valence-electron chi connectivity index (χ4n) is 2.94. The second-order valence-corrected chi connectivity index (χ2v) is 9.33. The van der Waals surface area contributed by atoms with E-state index in [9.17, 15) is 4.79 Å². The van der Waals surface area contributed by atoms with E-state index in [2.05, 4.69) is 41.6 Å². The van der Waals surface area contributed by atoms with Crippen LogP contribution in [0.1, 0.15) is 45.2 Å². The van der Waals surface area contributed by atoms with Gasteiger partial charge in [0.05, 0.1) is 11.8 Å². The summed E-state index contributed by atoms with van der Waals surface area (Å²) in [5.74, 6) is 2.00. The first-order chi connectivity index (χ1) is 14.1. The van der Waals surface area contributed by atoms with Crippen LogP contribution in [-0.2, 0) is 4.79 Å². The van der Waals surface area contributed by atoms with E-state index in [1.54, 1.807) is 0 Å². The largest absolute Gasteiger partial charge is 0.486 e. The van der Waals surface area contributed by atoms with Gasteiger partial charge in [-0.15, -0.1) is 10.2 Å². The number of thioether (sulfide) groups is 1. The molecule has 158 valence electrons. The van der Waals surface area contributed by atoms with Crippen LogP contribution < -0.4 is 20.1 Å². The molecular formula is C20H28N4O3S2. The summed E-state index contributed by atoms with van der Waals surface area (Å²) in [6.07, 6.45) is 2.23. The molecule has 7 nitrogen and oxygen atoms in total. The molecule has 1 aromatic heterocycles. The van der Waals surface area contributed by atoms with Crippen molar-refractivity contribution >= 4 is 34.1 Å². The molecule has 0 saturated heterocycles. The summed E-state index contributed by atoms with van der Waals surface area (Å²) in [5, 5.41) is 15.5. The highest BCUT2D eigenvalue weighted by atomic mass is 32.2. The average Bonchev–Trinajstić information content (AvgIpc) is 3.18. The number of aromatic nitrogens is 2. The molecule has 1 amide bonds. The monoisotopic (exact) mass is 436 g/mol. The number of carbonyl (C=O) groups excluding carboxylic acids is 1. The van der Waals surface area contributed by atoms with Gasteiger partial charge < -0.3 is 20.1 Å². The smallest absolute Gasteiger partial charge is 0.230 e. The average molecular weight is 437 g/mol. The molecule has 0 aliphatic carbocycles. The van der Waals surface area contributed by atoms with E-state index >= 15 is 0 Å². The lowest BCUT2D eigenvalue weighted by atomic mass is 9.95. The van der Waals surface area contributed by atoms with Gasteiger partial charge in [0, 0.05) is 6.54 Å². The van der Waals surface area contributed by atoms with Crippen molar-refractivity contribution in [3.63, 3.8) is 0 Å². The molecule has 9 heteroatoms. The molecule has 0 saturated carbocycles. The van der Waals surface area contributed by atoms with Crippen LogP contribution in [0.2, 0.25) is 0 Å². The molecule has 3 rings (SSSR count). The number of fused-ring (bicyclic) bond motifs is 1. The predicted octanol–water partition coefficient (Wildman–Crippen LogP) is 4.13. The Morgan fingerprint density at radius 2 is 2.03 bits per heavy atom. The lowest BCUT2D eigenvalue weighted by Gasteiger charge is -2.25. The summed E-state index contributed by atoms with van der Waals surface area (Å²) >= 11 is 2.89. The quantitative estimate of drug-likeness (QED) is 0.428. The standard InChI is InChI=1S/C20H28N4O3S2/c1-4-5-8-21-19-23-24-20(29-19)28-12-17(25)22-18(13(2)3)14-6-7-15-16(11-14)27-10-9-26-15/h6-7,11,13,18H,4-5,8-10,12H2,1-3H3,(H,21,23)(H,22,25). The Bertz CT molecular complexity index is 813. The van der Waals surface area contributed by atoms with Crippen molar-refractivity contribution < 1.29 is 14.3 Å². The summed E-state index contributed by atoms with van der Waals surface area (Å²) in [4.78, 5) is 12.6. The number of rotatable bonds is 10. The number of nitrogens with zero attached hydrogens (tertiary/aromatic N) is 2. The van der Waals surface area contributed by atoms with Gasteiger partial charge in [0.25, 0.3) is 0 Å². The van der Waals surface area contributed by atoms with Crippen molar-refractivity contribution in [2.24, 2.45) is 5.92 Å². The third-order valence-corrected chi connectivity index (χ3v) is 6.46. The van der Waals surface area contributed by atoms with E-state index in [1.165, 1.54) is 23.1 Å². The van der Waals surface area contributed by atoms with Gasteiger partial charge in [0.1, 0.15) is 13.2 Å². The van der Waals surface area contributed by atoms with Crippen LogP contribution in [0.3, 0.4) is 0 Å². The van der Waals surface area contributed by atoms with Crippen molar-refractivity contribution in [3.8, 4) is 11.5 Å². The highest BCUT2D eigenvalue weighted by Gasteiger charge is 2.21. The minimum Gasteiger partial charge on any atom is -0.486 e. The van der Waals surface area contributed by atoms with Gasteiger partial charge >= 0.3 is 0 Å². The number of ether oxygens (including phenoxy) is 2. The van der Waals surface area contributed by atoms with Gasteiger partial charge in [-0.2, -0.15) is 0 Å². The number of benzene rings is 1. The van der Waals surface area contributed by atoms with Crippen molar-refractivity contribution in [2.75, 3.05) is 30.8 Å². The molecule has 2 N–H and O–H groups in total. The lowest BCUT2D eigenvalue weighted by Crippen LogP contribution is -2.33. The summed E-state index contributed by atoms with van der Waals surface area (Å²) in [6.45, 7) is 8.33. The highest BCUT2D eigenvalue weighted by molar-refractivity contribution is 8.01. The van der Waals surface area contributed by atoms with Gasteiger partial charge in [-0.25, -0.2) is 0 Å². The molecule has 1 aliphatic rings. The summed E-state index contributed by atoms with van der Waals surface area (Å²) in [5.41, 5.74) is 1.01. The molecule has 1 aliphatic heterocycles. The van der Waals surface area contributed by atoms with E-state index in [-0.39, 0.29) is 17.9 Å². The molecule has 0 spiro atoms. The molecule has 0 radical (unpaired) electrons. The number of hydrogen-bond acceptors (Lipinski definition) is 8. The Morgan fingerprint density at radius 1 is 1.24 bits per heavy atom. The highest BCUT2D eigenvalue weighted by Crippen LogP contribution is 2.34. The number of hydrogen-bond donors (Lipinski definition) is 2. The van der Waals surface area contributed by atoms with Crippen molar-refractivity contribution in [3.05, 3.63) is 23.8 Å². The zero-order valence-corrected chi connectivity index (χ0v) is 18.7. The number of carbonyl (C=O) groups is 1. The zero-order valence-electron chi connectivity index (χ0n) is 17.1. The summed E-state index contributed by atoms with van der Waals surface area (Å²) < 4.78 is 12.1. The summed E-state index contributed by atoms with van der Waals surface area (Å²) in [6, 6.07) is 5.77. The van der Waals surface area contributed by atoms with Gasteiger partial charge in [-0.05, 0) is 30.0 Å². The maximum atomic E-state index is 12.6. The molecule has 1 unspecified atom stereocenters. The fraction of sp³-hybridized carbons (Fsp3) is 0.550. The van der Waals surface area contributed by atoms with E-state index in [4.69, 9.17) is 9.47 Å². The number of anilines is 1. The minimum absolute atomic E-state index is 0.0284. The second-order valence-electron chi connectivity index (χ2n) is 7.13. The number of amides is 1. The van der Waals surface area contributed by atoms with E-state index < -0.39 is 0 Å². The molecule has 0 bridgehead atoms. The SMILES string of the molecule is CCCCNc1nnc(SCC(=O)NC(c2ccc3c(c2)OCCO3)C(C)C)s1. The van der Waals surface area contributed by atoms with E-state index in [0.717, 1.165) is 45.9 Å². The Morgan fingerprint density at radius 3 is 2.79 bits per heavy atom. The van der Waals surface area contributed by atoms with Crippen LogP contribution in [0.15, 0.2) is 22.5 Å². The second kappa shape index (κ2) is 10.7. The number of nitrogens with one attached hydrogen (secondary N) is 2. The van der Waals surface area contributed by atoms with Crippen molar-refractivity contribution in [1.29, 1.82) is 0 Å². The Kier molecular flexibility index (Phi) is 8.00. The van der Waals surface area contributed by atoms with Crippen LogP contribution in [0, 0.1) is 5.92 Å². The van der Waals surface area contributed by atoms with Crippen LogP contribution in [0.25, 0.3) is 0 Å². The van der Waals surface area contributed by atoms with Crippen LogP contribution in [0.5, 0.6) is 11.5 Å². The van der Waals surface area contributed by atoms with Crippen LogP contribution in [-0.4, -0.2) is 41.6 Å². The predicted molar refractivity (Wildman–Crippen MR) is 117 cm³/mol. The molecule has 0 fully saturated rings. The number of unbranched alkanes of at least 4 members (excludes halogenated alkanes) is 1. The molecular weight excluding hydrogens is 408 g/mol. The maximum absolute atomic E-state index is 12.6. The molecule has 2 heterocycles. The van der Waals surface area contributed by atoms with Gasteiger partial charge in [0.2, 0.25) is 11.0 Å². The Hall–Kier alpha value is -2.00. The maximum Gasteiger partial charge on any atom is 0.230 e. The first-order valence-corrected chi connectivity index (χ1v) is 11.8. The lowest BCUT2D eigenvalue weighted by molar-refractivity contribution is -0.119. The third-order valence-electron chi connectivity index (χ3n) is 4.45. The first-order valence-electron chi connectivity index (χ1n) is 9.96. The molecule has 1 aromatic carbocycles. The van der Waals surface area contributed by atoms with Gasteiger partial charge in [-0.1, -0.05) is 56.4 Å². The van der Waals surface area contributed by atoms with Crippen LogP contribution >= 0.6 is 23.1 Å². The van der Waals surface area contributed by atoms with E-state index in [0.29, 0.717) is 19.0 Å². The first kappa shape index (κ1) is 21.7. The molecule has 29 heavy (non-hydrogen) atoms. The Labute approximate surface area is 180 Å². The Balaban J connectivity index is 1.55. The summed E-state index contributed by atoms with van der Waals surface area (Å²) in [7, 11) is 0. The van der Waals surface area contributed by atoms with Crippen molar-refractivity contribution in [2.45, 2.75) is 44.0 Å². The van der Waals surface area contributed by atoms with Gasteiger partial charge in [-0.3, -0.25) is 4.79 Å². The topological polar surface area (TPSA) is 85.4 Å². The fourth-order valence-corrected chi connectivity index (χ4v) is 4.53. The van der Waals surface area contributed by atoms with E-state index in [1.807, 2.05) is 18.2 Å². The third kappa shape index (κ3) is 6.24. The minimum atomic E-state index is -0.0976. The van der Waals surface area contributed by atoms with Gasteiger partial charge in [0.15, 0.2) is 15.8 Å². The molecule has 2 aromatic rings. The zero-order chi connectivity index (χ0) is 20.6. The normalized spacial score (nSPS) is 13.9.